The second kappa shape index (κ2) is 8.80. The fraction of sp³-hybridized carbons (Fsp3) is 0.304. The van der Waals surface area contributed by atoms with E-state index in [9.17, 15) is 13.2 Å². The number of hydrogen-bond acceptors (Lipinski definition) is 7. The number of nitrogens with one attached hydrogen (secondary N) is 2. The van der Waals surface area contributed by atoms with Crippen LogP contribution in [0.15, 0.2) is 42.7 Å². The number of benzene rings is 1. The second-order valence-electron chi connectivity index (χ2n) is 8.37. The first-order chi connectivity index (χ1) is 16.3. The van der Waals surface area contributed by atoms with E-state index in [2.05, 4.69) is 42.4 Å². The number of nitrogens with zero attached hydrogens (tertiary/aromatic N) is 5. The maximum absolute atomic E-state index is 13.2. The van der Waals surface area contributed by atoms with E-state index in [-0.39, 0.29) is 5.69 Å². The minimum atomic E-state index is -4.45. The van der Waals surface area contributed by atoms with Crippen molar-refractivity contribution in [3.05, 3.63) is 53.9 Å². The molecule has 4 heterocycles. The molecule has 2 aliphatic rings. The molecule has 1 aromatic carbocycles. The molecule has 5 rings (SSSR count). The Kier molecular flexibility index (Phi) is 5.82. The van der Waals surface area contributed by atoms with Crippen molar-refractivity contribution in [1.29, 1.82) is 0 Å². The van der Waals surface area contributed by atoms with Gasteiger partial charge in [0.2, 0.25) is 5.95 Å². The Hall–Kier alpha value is -3.31. The molecular formula is C23H22F3N7S. The molecule has 0 amide bonds. The van der Waals surface area contributed by atoms with Crippen molar-refractivity contribution < 1.29 is 13.2 Å². The average molecular weight is 486 g/mol. The van der Waals surface area contributed by atoms with Gasteiger partial charge in [-0.15, -0.1) is 0 Å². The molecule has 0 bridgehead atoms. The zero-order valence-corrected chi connectivity index (χ0v) is 19.2. The molecule has 11 heteroatoms. The molecule has 34 heavy (non-hydrogen) atoms. The molecule has 1 fully saturated rings. The Balaban J connectivity index is 1.41. The van der Waals surface area contributed by atoms with Crippen molar-refractivity contribution in [2.24, 2.45) is 0 Å². The van der Waals surface area contributed by atoms with Gasteiger partial charge < -0.3 is 20.4 Å². The van der Waals surface area contributed by atoms with Crippen LogP contribution in [0.4, 0.5) is 36.3 Å². The standard InChI is InChI=1S/C23H22F3N7S/c1-32-6-8-33(9-7-32)19-5-3-16(13-27-19)29-22-28-12-14-10-20(34)30-18-11-15(23(24,25)26)2-4-17(18)21(14)31-22/h2-5,11-13H,6-10H2,1H3,(H,30,34)(H,28,29,31). The number of thiocarbonyl (C=S) groups is 1. The summed E-state index contributed by atoms with van der Waals surface area (Å²) < 4.78 is 39.6. The molecule has 7 nitrogen and oxygen atoms in total. The number of hydrogen-bond donors (Lipinski definition) is 2. The van der Waals surface area contributed by atoms with Crippen molar-refractivity contribution in [1.82, 2.24) is 19.9 Å². The molecule has 0 spiro atoms. The molecule has 0 radical (unpaired) electrons. The predicted octanol–water partition coefficient (Wildman–Crippen LogP) is 4.35. The SMILES string of the molecule is CN1CCN(c2ccc(Nc3ncc4c(n3)-c3ccc(C(F)(F)F)cc3NC(=S)C4)cn2)CC1. The summed E-state index contributed by atoms with van der Waals surface area (Å²) in [5.74, 6) is 1.24. The van der Waals surface area contributed by atoms with Crippen LogP contribution in [-0.4, -0.2) is 58.1 Å². The molecule has 1 saturated heterocycles. The van der Waals surface area contributed by atoms with Crippen LogP contribution in [0, 0.1) is 0 Å². The summed E-state index contributed by atoms with van der Waals surface area (Å²) in [4.78, 5) is 18.5. The monoisotopic (exact) mass is 485 g/mol. The van der Waals surface area contributed by atoms with Crippen LogP contribution in [0.1, 0.15) is 11.1 Å². The van der Waals surface area contributed by atoms with Crippen LogP contribution in [0.25, 0.3) is 11.3 Å². The minimum absolute atomic E-state index is 0.279. The molecule has 0 atom stereocenters. The summed E-state index contributed by atoms with van der Waals surface area (Å²) in [6.45, 7) is 3.84. The normalized spacial score (nSPS) is 16.4. The van der Waals surface area contributed by atoms with Crippen LogP contribution in [0.3, 0.4) is 0 Å². The van der Waals surface area contributed by atoms with Gasteiger partial charge >= 0.3 is 6.18 Å². The van der Waals surface area contributed by atoms with Crippen molar-refractivity contribution in [2.45, 2.75) is 12.6 Å². The number of alkyl halides is 3. The third kappa shape index (κ3) is 4.66. The van der Waals surface area contributed by atoms with Gasteiger partial charge in [0, 0.05) is 55.6 Å². The number of likely N-dealkylation sites (N-methyl/N-ethyl adjacent to an activating group) is 1. The Labute approximate surface area is 200 Å². The highest BCUT2D eigenvalue weighted by Gasteiger charge is 2.32. The average Bonchev–Trinajstić information content (AvgIpc) is 2.94. The van der Waals surface area contributed by atoms with Crippen molar-refractivity contribution >= 4 is 40.3 Å². The first-order valence-corrected chi connectivity index (χ1v) is 11.2. The number of pyridine rings is 1. The van der Waals surface area contributed by atoms with Gasteiger partial charge in [-0.1, -0.05) is 18.3 Å². The van der Waals surface area contributed by atoms with E-state index >= 15 is 0 Å². The third-order valence-corrected chi connectivity index (χ3v) is 6.17. The zero-order valence-electron chi connectivity index (χ0n) is 18.4. The Bertz CT molecular complexity index is 1220. The molecule has 2 aliphatic heterocycles. The maximum atomic E-state index is 13.2. The lowest BCUT2D eigenvalue weighted by atomic mass is 10.0. The van der Waals surface area contributed by atoms with Crippen LogP contribution in [0.2, 0.25) is 0 Å². The minimum Gasteiger partial charge on any atom is -0.354 e. The van der Waals surface area contributed by atoms with E-state index in [1.165, 1.54) is 6.07 Å². The van der Waals surface area contributed by atoms with Gasteiger partial charge in [-0.05, 0) is 31.3 Å². The van der Waals surface area contributed by atoms with Crippen molar-refractivity contribution in [3.8, 4) is 11.3 Å². The van der Waals surface area contributed by atoms with Gasteiger partial charge in [0.25, 0.3) is 0 Å². The fourth-order valence-corrected chi connectivity index (χ4v) is 4.30. The lowest BCUT2D eigenvalue weighted by Gasteiger charge is -2.33. The molecule has 176 valence electrons. The molecule has 0 saturated carbocycles. The second-order valence-corrected chi connectivity index (χ2v) is 8.86. The van der Waals surface area contributed by atoms with Gasteiger partial charge in [-0.2, -0.15) is 13.2 Å². The quantitative estimate of drug-likeness (QED) is 0.531. The van der Waals surface area contributed by atoms with Gasteiger partial charge in [0.1, 0.15) is 5.82 Å². The predicted molar refractivity (Wildman–Crippen MR) is 130 cm³/mol. The van der Waals surface area contributed by atoms with E-state index in [1.54, 1.807) is 12.4 Å². The van der Waals surface area contributed by atoms with Crippen molar-refractivity contribution in [3.63, 3.8) is 0 Å². The lowest BCUT2D eigenvalue weighted by molar-refractivity contribution is -0.137. The maximum Gasteiger partial charge on any atom is 0.416 e. The largest absolute Gasteiger partial charge is 0.416 e. The van der Waals surface area contributed by atoms with Gasteiger partial charge in [0.05, 0.1) is 28.1 Å². The van der Waals surface area contributed by atoms with Gasteiger partial charge in [0.15, 0.2) is 0 Å². The van der Waals surface area contributed by atoms with E-state index in [4.69, 9.17) is 12.2 Å². The third-order valence-electron chi connectivity index (χ3n) is 5.92. The Morgan fingerprint density at radius 3 is 2.53 bits per heavy atom. The van der Waals surface area contributed by atoms with E-state index in [0.717, 1.165) is 49.7 Å². The molecule has 2 N–H and O–H groups in total. The van der Waals surface area contributed by atoms with Crippen LogP contribution in [-0.2, 0) is 12.6 Å². The molecule has 0 unspecified atom stereocenters. The number of halogens is 3. The zero-order chi connectivity index (χ0) is 23.9. The van der Waals surface area contributed by atoms with Crippen molar-refractivity contribution in [2.75, 3.05) is 48.8 Å². The first-order valence-electron chi connectivity index (χ1n) is 10.8. The number of rotatable bonds is 3. The summed E-state index contributed by atoms with van der Waals surface area (Å²) in [5, 5.41) is 6.06. The smallest absolute Gasteiger partial charge is 0.354 e. The highest BCUT2D eigenvalue weighted by atomic mass is 32.1. The molecule has 3 aromatic rings. The van der Waals surface area contributed by atoms with Crippen LogP contribution in [0.5, 0.6) is 0 Å². The van der Waals surface area contributed by atoms with E-state index < -0.39 is 11.7 Å². The molecule has 0 aliphatic carbocycles. The fourth-order valence-electron chi connectivity index (χ4n) is 4.04. The topological polar surface area (TPSA) is 69.2 Å². The lowest BCUT2D eigenvalue weighted by Crippen LogP contribution is -2.44. The first kappa shape index (κ1) is 22.5. The summed E-state index contributed by atoms with van der Waals surface area (Å²) in [6, 6.07) is 7.40. The number of fused-ring (bicyclic) bond motifs is 3. The van der Waals surface area contributed by atoms with E-state index in [0.29, 0.717) is 34.3 Å². The summed E-state index contributed by atoms with van der Waals surface area (Å²) in [6.07, 6.45) is -0.738. The van der Waals surface area contributed by atoms with E-state index in [1.807, 2.05) is 12.1 Å². The molecule has 2 aromatic heterocycles. The van der Waals surface area contributed by atoms with Gasteiger partial charge in [-0.3, -0.25) is 0 Å². The van der Waals surface area contributed by atoms with Crippen LogP contribution < -0.4 is 15.5 Å². The summed E-state index contributed by atoms with van der Waals surface area (Å²) in [5.41, 5.74) is 2.07. The summed E-state index contributed by atoms with van der Waals surface area (Å²) >= 11 is 5.31. The number of anilines is 4. The Morgan fingerprint density at radius 2 is 1.82 bits per heavy atom. The highest BCUT2D eigenvalue weighted by Crippen LogP contribution is 2.38. The Morgan fingerprint density at radius 1 is 1.03 bits per heavy atom. The number of aromatic nitrogens is 3. The molecular weight excluding hydrogens is 463 g/mol. The van der Waals surface area contributed by atoms with Gasteiger partial charge in [-0.25, -0.2) is 15.0 Å². The number of piperazine rings is 1. The summed E-state index contributed by atoms with van der Waals surface area (Å²) in [7, 11) is 2.11. The highest BCUT2D eigenvalue weighted by molar-refractivity contribution is 7.80. The van der Waals surface area contributed by atoms with Crippen LogP contribution >= 0.6 is 12.2 Å².